The molecule has 7 heteroatoms. The van der Waals surface area contributed by atoms with Crippen molar-refractivity contribution in [1.29, 1.82) is 0 Å². The van der Waals surface area contributed by atoms with E-state index in [2.05, 4.69) is 5.10 Å². The van der Waals surface area contributed by atoms with Crippen LogP contribution in [0.5, 0.6) is 0 Å². The molecular formula is C25H15N3O4. The maximum Gasteiger partial charge on any atom is 0.270 e. The lowest BCUT2D eigenvalue weighted by Gasteiger charge is -2.21. The molecule has 0 fully saturated rings. The SMILES string of the molecule is C[C@H](C(=O)n1nc2c3c(cccc31)C(=O)c1ccccc1-2)N1C(=O)c2ccccc2C1=O. The van der Waals surface area contributed by atoms with Gasteiger partial charge in [-0.25, -0.2) is 0 Å². The molecule has 1 aliphatic carbocycles. The Hall–Kier alpha value is -4.39. The number of fused-ring (bicyclic) bond motifs is 3. The average molecular weight is 421 g/mol. The normalized spacial score (nSPS) is 15.2. The van der Waals surface area contributed by atoms with Crippen LogP contribution in [-0.2, 0) is 0 Å². The van der Waals surface area contributed by atoms with Gasteiger partial charge in [-0.15, -0.1) is 0 Å². The molecule has 2 aliphatic rings. The summed E-state index contributed by atoms with van der Waals surface area (Å²) in [4.78, 5) is 53.2. The third kappa shape index (κ3) is 2.22. The molecular weight excluding hydrogens is 406 g/mol. The van der Waals surface area contributed by atoms with Crippen LogP contribution < -0.4 is 0 Å². The number of carbonyl (C=O) groups excluding carboxylic acids is 4. The number of rotatable bonds is 2. The van der Waals surface area contributed by atoms with Crippen LogP contribution in [0.3, 0.4) is 0 Å². The molecule has 0 unspecified atom stereocenters. The van der Waals surface area contributed by atoms with Gasteiger partial charge < -0.3 is 0 Å². The molecule has 7 nitrogen and oxygen atoms in total. The Morgan fingerprint density at radius 3 is 1.97 bits per heavy atom. The third-order valence-electron chi connectivity index (χ3n) is 6.16. The lowest BCUT2D eigenvalue weighted by atomic mass is 9.87. The van der Waals surface area contributed by atoms with Gasteiger partial charge in [0.05, 0.1) is 16.6 Å². The maximum absolute atomic E-state index is 13.5. The van der Waals surface area contributed by atoms with Gasteiger partial charge in [0.2, 0.25) is 0 Å². The van der Waals surface area contributed by atoms with E-state index in [-0.39, 0.29) is 16.9 Å². The fraction of sp³-hybridized carbons (Fsp3) is 0.0800. The Balaban J connectivity index is 1.49. The first-order chi connectivity index (χ1) is 15.5. The highest BCUT2D eigenvalue weighted by Crippen LogP contribution is 2.39. The van der Waals surface area contributed by atoms with Gasteiger partial charge in [-0.1, -0.05) is 48.5 Å². The molecule has 0 N–H and O–H groups in total. The second kappa shape index (κ2) is 6.31. The summed E-state index contributed by atoms with van der Waals surface area (Å²) in [5, 5.41) is 5.15. The minimum Gasteiger partial charge on any atom is -0.289 e. The van der Waals surface area contributed by atoms with Gasteiger partial charge in [-0.3, -0.25) is 24.1 Å². The molecule has 1 atom stereocenters. The molecule has 6 rings (SSSR count). The van der Waals surface area contributed by atoms with Crippen LogP contribution in [0, 0.1) is 0 Å². The number of hydrogen-bond donors (Lipinski definition) is 0. The highest BCUT2D eigenvalue weighted by Gasteiger charge is 2.42. The minimum atomic E-state index is -1.08. The van der Waals surface area contributed by atoms with Crippen LogP contribution in [-0.4, -0.2) is 44.2 Å². The van der Waals surface area contributed by atoms with Gasteiger partial charge in [0.25, 0.3) is 17.7 Å². The van der Waals surface area contributed by atoms with Crippen LogP contribution in [0.25, 0.3) is 22.2 Å². The Bertz CT molecular complexity index is 1500. The summed E-state index contributed by atoms with van der Waals surface area (Å²) in [5.41, 5.74) is 3.22. The lowest BCUT2D eigenvalue weighted by Crippen LogP contribution is -2.45. The Morgan fingerprint density at radius 1 is 0.750 bits per heavy atom. The maximum atomic E-state index is 13.5. The predicted molar refractivity (Wildman–Crippen MR) is 116 cm³/mol. The molecule has 154 valence electrons. The third-order valence-corrected chi connectivity index (χ3v) is 6.16. The number of amides is 2. The van der Waals surface area contributed by atoms with Crippen LogP contribution in [0.2, 0.25) is 0 Å². The molecule has 1 aliphatic heterocycles. The van der Waals surface area contributed by atoms with Crippen molar-refractivity contribution in [3.8, 4) is 11.3 Å². The summed E-state index contributed by atoms with van der Waals surface area (Å²) in [6, 6.07) is 17.7. The zero-order chi connectivity index (χ0) is 22.1. The van der Waals surface area contributed by atoms with Gasteiger partial charge in [0, 0.05) is 22.1 Å². The van der Waals surface area contributed by atoms with Gasteiger partial charge >= 0.3 is 0 Å². The first-order valence-electron chi connectivity index (χ1n) is 10.2. The first kappa shape index (κ1) is 18.4. The fourth-order valence-electron chi connectivity index (χ4n) is 4.59. The van der Waals surface area contributed by atoms with Crippen LogP contribution in [0.15, 0.2) is 66.7 Å². The highest BCUT2D eigenvalue weighted by atomic mass is 16.2. The summed E-state index contributed by atoms with van der Waals surface area (Å²) in [7, 11) is 0. The molecule has 0 radical (unpaired) electrons. The standard InChI is InChI=1S/C25H15N3O4/c1-13(27-24(31)16-9-4-5-10-17(16)25(27)32)23(30)28-19-12-6-11-18-20(19)21(26-28)14-7-2-3-8-15(14)22(18)29/h2-13H,1H3/t13-/m1/s1. The summed E-state index contributed by atoms with van der Waals surface area (Å²) in [6.45, 7) is 1.51. The van der Waals surface area contributed by atoms with Gasteiger partial charge in [-0.2, -0.15) is 9.78 Å². The van der Waals surface area contributed by atoms with Crippen molar-refractivity contribution in [2.75, 3.05) is 0 Å². The van der Waals surface area contributed by atoms with E-state index >= 15 is 0 Å². The smallest absolute Gasteiger partial charge is 0.270 e. The first-order valence-corrected chi connectivity index (χ1v) is 10.2. The number of aromatic nitrogens is 2. The predicted octanol–water partition coefficient (Wildman–Crippen LogP) is 3.57. The molecule has 32 heavy (non-hydrogen) atoms. The van der Waals surface area contributed by atoms with Crippen molar-refractivity contribution in [1.82, 2.24) is 14.7 Å². The molecule has 1 aromatic heterocycles. The number of imide groups is 1. The highest BCUT2D eigenvalue weighted by molar-refractivity contribution is 6.26. The molecule has 4 aromatic rings. The molecule has 0 spiro atoms. The Labute approximate surface area is 181 Å². The van der Waals surface area contributed by atoms with E-state index in [0.717, 1.165) is 4.90 Å². The van der Waals surface area contributed by atoms with E-state index in [0.29, 0.717) is 33.3 Å². The van der Waals surface area contributed by atoms with Crippen molar-refractivity contribution in [3.05, 3.63) is 89.0 Å². The number of benzene rings is 3. The molecule has 0 bridgehead atoms. The second-order valence-corrected chi connectivity index (χ2v) is 7.87. The number of nitrogens with zero attached hydrogens (tertiary/aromatic N) is 3. The molecule has 0 saturated heterocycles. The molecule has 2 heterocycles. The summed E-state index contributed by atoms with van der Waals surface area (Å²) < 4.78 is 1.21. The van der Waals surface area contributed by atoms with E-state index in [9.17, 15) is 19.2 Å². The monoisotopic (exact) mass is 421 g/mol. The van der Waals surface area contributed by atoms with Crippen LogP contribution in [0.1, 0.15) is 48.4 Å². The van der Waals surface area contributed by atoms with E-state index in [1.165, 1.54) is 11.6 Å². The quantitative estimate of drug-likeness (QED) is 0.407. The zero-order valence-electron chi connectivity index (χ0n) is 16.9. The van der Waals surface area contributed by atoms with Crippen molar-refractivity contribution in [2.24, 2.45) is 0 Å². The van der Waals surface area contributed by atoms with Crippen LogP contribution >= 0.6 is 0 Å². The van der Waals surface area contributed by atoms with E-state index in [1.54, 1.807) is 60.7 Å². The Morgan fingerprint density at radius 2 is 1.31 bits per heavy atom. The van der Waals surface area contributed by atoms with Gasteiger partial charge in [-0.05, 0) is 25.1 Å². The van der Waals surface area contributed by atoms with Crippen molar-refractivity contribution < 1.29 is 19.2 Å². The Kier molecular flexibility index (Phi) is 3.62. The van der Waals surface area contributed by atoms with Crippen molar-refractivity contribution >= 4 is 34.4 Å². The van der Waals surface area contributed by atoms with E-state index < -0.39 is 23.8 Å². The zero-order valence-corrected chi connectivity index (χ0v) is 16.9. The largest absolute Gasteiger partial charge is 0.289 e. The summed E-state index contributed by atoms with van der Waals surface area (Å²) >= 11 is 0. The van der Waals surface area contributed by atoms with Crippen molar-refractivity contribution in [2.45, 2.75) is 13.0 Å². The van der Waals surface area contributed by atoms with Gasteiger partial charge in [0.15, 0.2) is 5.78 Å². The molecule has 2 amide bonds. The molecule has 3 aromatic carbocycles. The summed E-state index contributed by atoms with van der Waals surface area (Å²) in [5.74, 6) is -1.67. The average Bonchev–Trinajstić information content (AvgIpc) is 3.33. The fourth-order valence-corrected chi connectivity index (χ4v) is 4.59. The topological polar surface area (TPSA) is 89.3 Å². The molecule has 0 saturated carbocycles. The van der Waals surface area contributed by atoms with E-state index in [1.807, 2.05) is 6.07 Å². The lowest BCUT2D eigenvalue weighted by molar-refractivity contribution is 0.0525. The minimum absolute atomic E-state index is 0.126. The number of carbonyl (C=O) groups is 4. The number of ketones is 1. The van der Waals surface area contributed by atoms with Crippen LogP contribution in [0.4, 0.5) is 0 Å². The number of hydrogen-bond acceptors (Lipinski definition) is 5. The van der Waals surface area contributed by atoms with Gasteiger partial charge in [0.1, 0.15) is 11.7 Å². The van der Waals surface area contributed by atoms with E-state index in [4.69, 9.17) is 0 Å². The second-order valence-electron chi connectivity index (χ2n) is 7.87. The van der Waals surface area contributed by atoms with Crippen molar-refractivity contribution in [3.63, 3.8) is 0 Å². The summed E-state index contributed by atoms with van der Waals surface area (Å²) in [6.07, 6.45) is 0.